The second-order valence-corrected chi connectivity index (χ2v) is 4.76. The summed E-state index contributed by atoms with van der Waals surface area (Å²) >= 11 is 0. The van der Waals surface area contributed by atoms with Crippen molar-refractivity contribution in [2.24, 2.45) is 17.1 Å². The average Bonchev–Trinajstić information content (AvgIpc) is 2.80. The van der Waals surface area contributed by atoms with Crippen LogP contribution in [0.2, 0.25) is 0 Å². The number of methoxy groups -OCH3 is 1. The van der Waals surface area contributed by atoms with Crippen LogP contribution in [0.5, 0.6) is 5.75 Å². The number of rotatable bonds is 3. The molecule has 1 aromatic heterocycles. The summed E-state index contributed by atoms with van der Waals surface area (Å²) in [5.74, 6) is 1.88. The van der Waals surface area contributed by atoms with Crippen LogP contribution in [0.15, 0.2) is 18.3 Å². The topological polar surface area (TPSA) is 48.1 Å². The van der Waals surface area contributed by atoms with Crippen molar-refractivity contribution in [3.05, 3.63) is 24.0 Å². The minimum Gasteiger partial charge on any atom is -0.495 e. The third kappa shape index (κ3) is 1.61. The van der Waals surface area contributed by atoms with Gasteiger partial charge in [-0.3, -0.25) is 4.98 Å². The Labute approximate surface area is 90.7 Å². The second kappa shape index (κ2) is 3.49. The molecule has 3 heteroatoms. The van der Waals surface area contributed by atoms with Crippen molar-refractivity contribution in [3.8, 4) is 5.75 Å². The quantitative estimate of drug-likeness (QED) is 0.820. The molecule has 0 bridgehead atoms. The summed E-state index contributed by atoms with van der Waals surface area (Å²) in [6, 6.07) is 4.01. The van der Waals surface area contributed by atoms with Gasteiger partial charge < -0.3 is 10.5 Å². The van der Waals surface area contributed by atoms with Gasteiger partial charge in [-0.15, -0.1) is 0 Å². The molecule has 1 aromatic rings. The normalized spacial score (nSPS) is 27.5. The molecule has 1 aliphatic carbocycles. The van der Waals surface area contributed by atoms with Gasteiger partial charge in [-0.05, 0) is 30.0 Å². The number of hydrogen-bond donors (Lipinski definition) is 1. The van der Waals surface area contributed by atoms with E-state index in [0.29, 0.717) is 17.3 Å². The number of aromatic nitrogens is 1. The molecule has 1 aliphatic rings. The lowest BCUT2D eigenvalue weighted by molar-refractivity contribution is 0.412. The molecule has 0 amide bonds. The van der Waals surface area contributed by atoms with Crippen molar-refractivity contribution in [1.29, 1.82) is 0 Å². The molecule has 3 nitrogen and oxygen atoms in total. The monoisotopic (exact) mass is 206 g/mol. The first-order valence-corrected chi connectivity index (χ1v) is 5.31. The van der Waals surface area contributed by atoms with Gasteiger partial charge in [-0.2, -0.15) is 0 Å². The number of pyridine rings is 1. The Bertz CT molecular complexity index is 345. The van der Waals surface area contributed by atoms with Crippen LogP contribution in [-0.4, -0.2) is 18.6 Å². The Morgan fingerprint density at radius 2 is 2.20 bits per heavy atom. The predicted molar refractivity (Wildman–Crippen MR) is 59.9 cm³/mol. The largest absolute Gasteiger partial charge is 0.495 e. The van der Waals surface area contributed by atoms with Crippen LogP contribution < -0.4 is 10.5 Å². The van der Waals surface area contributed by atoms with Gasteiger partial charge in [0.25, 0.3) is 0 Å². The van der Waals surface area contributed by atoms with E-state index in [1.54, 1.807) is 13.3 Å². The van der Waals surface area contributed by atoms with E-state index in [9.17, 15) is 0 Å². The van der Waals surface area contributed by atoms with Gasteiger partial charge in [0.05, 0.1) is 13.3 Å². The van der Waals surface area contributed by atoms with Crippen molar-refractivity contribution in [2.75, 3.05) is 13.7 Å². The van der Waals surface area contributed by atoms with Crippen molar-refractivity contribution in [2.45, 2.75) is 19.8 Å². The summed E-state index contributed by atoms with van der Waals surface area (Å²) in [6.45, 7) is 5.24. The highest BCUT2D eigenvalue weighted by atomic mass is 16.5. The molecule has 2 unspecified atom stereocenters. The van der Waals surface area contributed by atoms with E-state index >= 15 is 0 Å². The number of nitrogens with zero attached hydrogens (tertiary/aromatic N) is 1. The van der Waals surface area contributed by atoms with Crippen LogP contribution in [0.1, 0.15) is 25.5 Å². The maximum Gasteiger partial charge on any atom is 0.137 e. The van der Waals surface area contributed by atoms with Gasteiger partial charge in [-0.25, -0.2) is 0 Å². The van der Waals surface area contributed by atoms with E-state index in [1.165, 1.54) is 0 Å². The molecule has 0 saturated heterocycles. The first-order valence-electron chi connectivity index (χ1n) is 5.31. The number of hydrogen-bond acceptors (Lipinski definition) is 3. The summed E-state index contributed by atoms with van der Waals surface area (Å²) in [7, 11) is 1.65. The van der Waals surface area contributed by atoms with Crippen molar-refractivity contribution >= 4 is 0 Å². The van der Waals surface area contributed by atoms with E-state index in [1.807, 2.05) is 12.1 Å². The minimum absolute atomic E-state index is 0.302. The van der Waals surface area contributed by atoms with E-state index in [-0.39, 0.29) is 0 Å². The smallest absolute Gasteiger partial charge is 0.137 e. The second-order valence-electron chi connectivity index (χ2n) is 4.76. The van der Waals surface area contributed by atoms with Crippen LogP contribution in [-0.2, 0) is 0 Å². The summed E-state index contributed by atoms with van der Waals surface area (Å²) < 4.78 is 5.09. The van der Waals surface area contributed by atoms with Crippen LogP contribution in [0.4, 0.5) is 0 Å². The van der Waals surface area contributed by atoms with Crippen LogP contribution in [0, 0.1) is 11.3 Å². The highest BCUT2D eigenvalue weighted by Gasteiger charge is 2.57. The Kier molecular flexibility index (Phi) is 2.43. The Morgan fingerprint density at radius 1 is 1.47 bits per heavy atom. The molecule has 15 heavy (non-hydrogen) atoms. The first kappa shape index (κ1) is 10.4. The van der Waals surface area contributed by atoms with E-state index < -0.39 is 0 Å². The van der Waals surface area contributed by atoms with E-state index in [4.69, 9.17) is 10.5 Å². The SMILES string of the molecule is COc1ccc(C2C(CN)C2(C)C)nc1. The third-order valence-corrected chi connectivity index (χ3v) is 3.62. The van der Waals surface area contributed by atoms with Gasteiger partial charge in [0, 0.05) is 11.6 Å². The molecule has 1 fully saturated rings. The lowest BCUT2D eigenvalue weighted by atomic mass is 10.1. The first-order chi connectivity index (χ1) is 7.11. The molecular formula is C12H18N2O. The molecule has 0 radical (unpaired) electrons. The molecule has 2 atom stereocenters. The van der Waals surface area contributed by atoms with Crippen molar-refractivity contribution < 1.29 is 4.74 Å². The van der Waals surface area contributed by atoms with Gasteiger partial charge >= 0.3 is 0 Å². The molecule has 2 rings (SSSR count). The lowest BCUT2D eigenvalue weighted by Gasteiger charge is -2.03. The summed E-state index contributed by atoms with van der Waals surface area (Å²) in [6.07, 6.45) is 1.78. The Morgan fingerprint density at radius 3 is 2.60 bits per heavy atom. The van der Waals surface area contributed by atoms with Gasteiger partial charge in [-0.1, -0.05) is 13.8 Å². The van der Waals surface area contributed by atoms with Gasteiger partial charge in [0.15, 0.2) is 0 Å². The molecule has 82 valence electrons. The fourth-order valence-electron chi connectivity index (χ4n) is 2.47. The highest BCUT2D eigenvalue weighted by molar-refractivity contribution is 5.29. The van der Waals surface area contributed by atoms with E-state index in [0.717, 1.165) is 18.0 Å². The molecule has 2 N–H and O–H groups in total. The summed E-state index contributed by atoms with van der Waals surface area (Å²) in [5, 5.41) is 0. The zero-order valence-electron chi connectivity index (χ0n) is 9.53. The number of nitrogens with two attached hydrogens (primary N) is 1. The zero-order chi connectivity index (χ0) is 11.1. The van der Waals surface area contributed by atoms with Crippen LogP contribution in [0.25, 0.3) is 0 Å². The fraction of sp³-hybridized carbons (Fsp3) is 0.583. The maximum atomic E-state index is 5.74. The van der Waals surface area contributed by atoms with Gasteiger partial charge in [0.1, 0.15) is 5.75 Å². The Balaban J connectivity index is 2.18. The number of ether oxygens (including phenoxy) is 1. The third-order valence-electron chi connectivity index (χ3n) is 3.62. The highest BCUT2D eigenvalue weighted by Crippen LogP contribution is 2.63. The van der Waals surface area contributed by atoms with E-state index in [2.05, 4.69) is 18.8 Å². The minimum atomic E-state index is 0.302. The molecule has 1 heterocycles. The van der Waals surface area contributed by atoms with Crippen LogP contribution >= 0.6 is 0 Å². The standard InChI is InChI=1S/C12H18N2O/c1-12(2)9(6-13)11(12)10-5-4-8(15-3)7-14-10/h4-5,7,9,11H,6,13H2,1-3H3. The zero-order valence-corrected chi connectivity index (χ0v) is 9.53. The molecule has 1 saturated carbocycles. The molecule has 0 aliphatic heterocycles. The summed E-state index contributed by atoms with van der Waals surface area (Å²) in [5.41, 5.74) is 7.18. The fourth-order valence-corrected chi connectivity index (χ4v) is 2.47. The van der Waals surface area contributed by atoms with Crippen molar-refractivity contribution in [3.63, 3.8) is 0 Å². The average molecular weight is 206 g/mol. The molecular weight excluding hydrogens is 188 g/mol. The van der Waals surface area contributed by atoms with Crippen LogP contribution in [0.3, 0.4) is 0 Å². The maximum absolute atomic E-state index is 5.74. The molecule has 0 aromatic carbocycles. The van der Waals surface area contributed by atoms with Crippen molar-refractivity contribution in [1.82, 2.24) is 4.98 Å². The molecule has 0 spiro atoms. The Hall–Kier alpha value is -1.09. The van der Waals surface area contributed by atoms with Gasteiger partial charge in [0.2, 0.25) is 0 Å². The predicted octanol–water partition coefficient (Wildman–Crippen LogP) is 1.79. The summed E-state index contributed by atoms with van der Waals surface area (Å²) in [4.78, 5) is 4.42. The lowest BCUT2D eigenvalue weighted by Crippen LogP contribution is -2.05.